The molecule has 2 unspecified atom stereocenters. The summed E-state index contributed by atoms with van der Waals surface area (Å²) in [5.74, 6) is 1.47. The summed E-state index contributed by atoms with van der Waals surface area (Å²) in [6.45, 7) is 3.28. The molecule has 2 atom stereocenters. The summed E-state index contributed by atoms with van der Waals surface area (Å²) < 4.78 is 10.3. The molecule has 0 bridgehead atoms. The first-order valence-electron chi connectivity index (χ1n) is 4.32. The molecule has 0 aliphatic carbocycles. The zero-order chi connectivity index (χ0) is 9.26. The van der Waals surface area contributed by atoms with Crippen molar-refractivity contribution in [1.82, 2.24) is 10.1 Å². The lowest BCUT2D eigenvalue weighted by molar-refractivity contribution is 0.189. The van der Waals surface area contributed by atoms with E-state index in [0.29, 0.717) is 18.3 Å². The summed E-state index contributed by atoms with van der Waals surface area (Å²) in [6.07, 6.45) is 0.957. The fourth-order valence-electron chi connectivity index (χ4n) is 1.30. The molecular formula is C8H11ClN2O2. The number of rotatable bonds is 2. The van der Waals surface area contributed by atoms with Crippen molar-refractivity contribution in [2.24, 2.45) is 0 Å². The lowest BCUT2D eigenvalue weighted by Crippen LogP contribution is -1.98. The highest BCUT2D eigenvalue weighted by Crippen LogP contribution is 2.25. The lowest BCUT2D eigenvalue weighted by Gasteiger charge is -1.97. The van der Waals surface area contributed by atoms with Crippen molar-refractivity contribution >= 4 is 11.6 Å². The van der Waals surface area contributed by atoms with Crippen molar-refractivity contribution in [2.75, 3.05) is 13.2 Å². The van der Waals surface area contributed by atoms with Crippen LogP contribution in [0, 0.1) is 0 Å². The monoisotopic (exact) mass is 202 g/mol. The van der Waals surface area contributed by atoms with E-state index in [1.165, 1.54) is 0 Å². The maximum absolute atomic E-state index is 5.81. The van der Waals surface area contributed by atoms with E-state index in [-0.39, 0.29) is 11.3 Å². The van der Waals surface area contributed by atoms with Gasteiger partial charge in [0, 0.05) is 6.61 Å². The van der Waals surface area contributed by atoms with Crippen LogP contribution in [-0.2, 0) is 4.74 Å². The predicted octanol–water partition coefficient (Wildman–Crippen LogP) is 1.87. The minimum absolute atomic E-state index is 0.195. The molecule has 0 spiro atoms. The average Bonchev–Trinajstić information content (AvgIpc) is 2.75. The van der Waals surface area contributed by atoms with Gasteiger partial charge in [-0.25, -0.2) is 0 Å². The van der Waals surface area contributed by atoms with Crippen LogP contribution in [-0.4, -0.2) is 23.4 Å². The Bertz CT molecular complexity index is 281. The van der Waals surface area contributed by atoms with Gasteiger partial charge in [0.05, 0.1) is 17.9 Å². The zero-order valence-corrected chi connectivity index (χ0v) is 8.12. The number of nitrogens with zero attached hydrogens (tertiary/aromatic N) is 2. The molecule has 4 nitrogen and oxygen atoms in total. The Balaban J connectivity index is 2.12. The van der Waals surface area contributed by atoms with E-state index >= 15 is 0 Å². The smallest absolute Gasteiger partial charge is 0.232 e. The molecule has 1 saturated heterocycles. The molecule has 5 heteroatoms. The zero-order valence-electron chi connectivity index (χ0n) is 7.36. The standard InChI is InChI=1S/C8H11ClN2O2/c1-5(9)7-10-8(13-11-7)6-2-3-12-4-6/h5-6H,2-4H2,1H3. The Hall–Kier alpha value is -0.610. The van der Waals surface area contributed by atoms with Gasteiger partial charge < -0.3 is 9.26 Å². The van der Waals surface area contributed by atoms with Crippen LogP contribution in [0.3, 0.4) is 0 Å². The molecule has 1 aromatic heterocycles. The first kappa shape index (κ1) is 8.97. The molecule has 72 valence electrons. The first-order chi connectivity index (χ1) is 6.27. The lowest BCUT2D eigenvalue weighted by atomic mass is 10.1. The van der Waals surface area contributed by atoms with Crippen molar-refractivity contribution in [3.63, 3.8) is 0 Å². The van der Waals surface area contributed by atoms with Crippen LogP contribution in [0.25, 0.3) is 0 Å². The van der Waals surface area contributed by atoms with Crippen molar-refractivity contribution in [2.45, 2.75) is 24.6 Å². The van der Waals surface area contributed by atoms with Crippen molar-refractivity contribution in [3.8, 4) is 0 Å². The summed E-state index contributed by atoms with van der Waals surface area (Å²) in [6, 6.07) is 0. The third-order valence-electron chi connectivity index (χ3n) is 2.09. The Morgan fingerprint density at radius 1 is 1.62 bits per heavy atom. The second-order valence-corrected chi connectivity index (χ2v) is 3.82. The van der Waals surface area contributed by atoms with E-state index in [0.717, 1.165) is 13.0 Å². The maximum atomic E-state index is 5.81. The second kappa shape index (κ2) is 3.64. The fraction of sp³-hybridized carbons (Fsp3) is 0.750. The van der Waals surface area contributed by atoms with Gasteiger partial charge in [-0.15, -0.1) is 11.6 Å². The van der Waals surface area contributed by atoms with Gasteiger partial charge in [-0.2, -0.15) is 4.98 Å². The molecule has 0 aromatic carbocycles. The molecule has 13 heavy (non-hydrogen) atoms. The van der Waals surface area contributed by atoms with E-state index in [9.17, 15) is 0 Å². The van der Waals surface area contributed by atoms with Crippen LogP contribution < -0.4 is 0 Å². The van der Waals surface area contributed by atoms with E-state index < -0.39 is 0 Å². The van der Waals surface area contributed by atoms with Gasteiger partial charge in [-0.3, -0.25) is 0 Å². The normalized spacial score (nSPS) is 24.9. The second-order valence-electron chi connectivity index (χ2n) is 3.17. The molecule has 1 aromatic rings. The van der Waals surface area contributed by atoms with Crippen LogP contribution in [0.15, 0.2) is 4.52 Å². The van der Waals surface area contributed by atoms with E-state index in [4.69, 9.17) is 20.9 Å². The molecule has 0 saturated carbocycles. The Labute approximate surface area is 81.2 Å². The topological polar surface area (TPSA) is 48.2 Å². The van der Waals surface area contributed by atoms with Gasteiger partial charge in [-0.05, 0) is 13.3 Å². The van der Waals surface area contributed by atoms with Crippen LogP contribution in [0.5, 0.6) is 0 Å². The van der Waals surface area contributed by atoms with E-state index in [1.54, 1.807) is 0 Å². The molecule has 0 amide bonds. The fourth-order valence-corrected chi connectivity index (χ4v) is 1.39. The van der Waals surface area contributed by atoms with Gasteiger partial charge in [0.1, 0.15) is 0 Å². The molecule has 2 heterocycles. The molecule has 1 fully saturated rings. The Morgan fingerprint density at radius 2 is 2.46 bits per heavy atom. The summed E-state index contributed by atoms with van der Waals surface area (Å²) >= 11 is 5.81. The third-order valence-corrected chi connectivity index (χ3v) is 2.29. The summed E-state index contributed by atoms with van der Waals surface area (Å²) in [7, 11) is 0. The number of halogens is 1. The first-order valence-corrected chi connectivity index (χ1v) is 4.76. The molecule has 0 N–H and O–H groups in total. The Kier molecular flexibility index (Phi) is 2.51. The summed E-state index contributed by atoms with van der Waals surface area (Å²) in [5.41, 5.74) is 0. The largest absolute Gasteiger partial charge is 0.381 e. The molecule has 0 radical (unpaired) electrons. The molecule has 1 aliphatic rings. The van der Waals surface area contributed by atoms with Gasteiger partial charge >= 0.3 is 0 Å². The number of alkyl halides is 1. The maximum Gasteiger partial charge on any atom is 0.232 e. The minimum Gasteiger partial charge on any atom is -0.381 e. The number of hydrogen-bond donors (Lipinski definition) is 0. The average molecular weight is 203 g/mol. The number of hydrogen-bond acceptors (Lipinski definition) is 4. The summed E-state index contributed by atoms with van der Waals surface area (Å²) in [5, 5.41) is 3.59. The Morgan fingerprint density at radius 3 is 3.00 bits per heavy atom. The number of ether oxygens (including phenoxy) is 1. The third kappa shape index (κ3) is 1.84. The summed E-state index contributed by atoms with van der Waals surface area (Å²) in [4.78, 5) is 4.20. The van der Waals surface area contributed by atoms with E-state index in [2.05, 4.69) is 10.1 Å². The van der Waals surface area contributed by atoms with Crippen molar-refractivity contribution in [1.29, 1.82) is 0 Å². The minimum atomic E-state index is -0.195. The highest BCUT2D eigenvalue weighted by atomic mass is 35.5. The highest BCUT2D eigenvalue weighted by Gasteiger charge is 2.24. The molecule has 1 aliphatic heterocycles. The molecule has 2 rings (SSSR count). The van der Waals surface area contributed by atoms with E-state index in [1.807, 2.05) is 6.92 Å². The van der Waals surface area contributed by atoms with Crippen LogP contribution in [0.4, 0.5) is 0 Å². The molecular weight excluding hydrogens is 192 g/mol. The van der Waals surface area contributed by atoms with Gasteiger partial charge in [0.2, 0.25) is 5.89 Å². The predicted molar refractivity (Wildman–Crippen MR) is 46.7 cm³/mol. The SMILES string of the molecule is CC(Cl)c1noc(C2CCOC2)n1. The number of aromatic nitrogens is 2. The van der Waals surface area contributed by atoms with Gasteiger partial charge in [0.15, 0.2) is 5.82 Å². The van der Waals surface area contributed by atoms with Gasteiger partial charge in [0.25, 0.3) is 0 Å². The van der Waals surface area contributed by atoms with Crippen molar-refractivity contribution < 1.29 is 9.26 Å². The van der Waals surface area contributed by atoms with Crippen LogP contribution >= 0.6 is 11.6 Å². The van der Waals surface area contributed by atoms with Crippen LogP contribution in [0.2, 0.25) is 0 Å². The van der Waals surface area contributed by atoms with Gasteiger partial charge in [-0.1, -0.05) is 5.16 Å². The quantitative estimate of drug-likeness (QED) is 0.687. The highest BCUT2D eigenvalue weighted by molar-refractivity contribution is 6.20. The van der Waals surface area contributed by atoms with Crippen LogP contribution in [0.1, 0.15) is 36.4 Å². The van der Waals surface area contributed by atoms with Crippen molar-refractivity contribution in [3.05, 3.63) is 11.7 Å².